The Balaban J connectivity index is 1.37. The zero-order valence-corrected chi connectivity index (χ0v) is 21.8. The van der Waals surface area contributed by atoms with Crippen LogP contribution in [0.2, 0.25) is 5.02 Å². The average Bonchev–Trinajstić information content (AvgIpc) is 2.77. The molecule has 2 N–H and O–H groups in total. The summed E-state index contributed by atoms with van der Waals surface area (Å²) in [6.45, 7) is 6.88. The van der Waals surface area contributed by atoms with E-state index in [2.05, 4.69) is 76.2 Å². The fourth-order valence-corrected chi connectivity index (χ4v) is 6.63. The fraction of sp³-hybridized carbons (Fsp3) is 0.385. The minimum Gasteiger partial charge on any atom is -0.494 e. The molecule has 2 aliphatic rings. The number of methoxy groups -OCH3 is 1. The number of benzene rings is 2. The molecule has 8 heteroatoms. The Hall–Kier alpha value is -2.40. The van der Waals surface area contributed by atoms with Gasteiger partial charge in [0.15, 0.2) is 5.82 Å². The smallest absolute Gasteiger partial charge is 0.229 e. The summed E-state index contributed by atoms with van der Waals surface area (Å²) >= 11 is 6.45. The van der Waals surface area contributed by atoms with Gasteiger partial charge in [0.1, 0.15) is 10.8 Å². The Kier molecular flexibility index (Phi) is 6.41. The number of ether oxygens (including phenoxy) is 1. The maximum absolute atomic E-state index is 6.45. The van der Waals surface area contributed by atoms with Crippen LogP contribution in [-0.4, -0.2) is 55.4 Å². The third-order valence-electron chi connectivity index (χ3n) is 6.89. The van der Waals surface area contributed by atoms with Crippen molar-refractivity contribution >= 4 is 48.0 Å². The van der Waals surface area contributed by atoms with Gasteiger partial charge in [0, 0.05) is 18.8 Å². The molecule has 3 aromatic rings. The minimum atomic E-state index is -0.273. The van der Waals surface area contributed by atoms with Gasteiger partial charge in [0.2, 0.25) is 5.95 Å². The molecule has 178 valence electrons. The molecule has 2 heterocycles. The summed E-state index contributed by atoms with van der Waals surface area (Å²) in [5.74, 6) is 2.45. The second kappa shape index (κ2) is 9.33. The van der Waals surface area contributed by atoms with Crippen LogP contribution in [0.5, 0.6) is 5.75 Å². The molecule has 1 aliphatic carbocycles. The highest BCUT2D eigenvalue weighted by Crippen LogP contribution is 2.57. The Morgan fingerprint density at radius 1 is 1.06 bits per heavy atom. The molecule has 0 atom stereocenters. The van der Waals surface area contributed by atoms with Crippen LogP contribution in [-0.2, 0) is 0 Å². The molecule has 2 aromatic carbocycles. The molecule has 1 saturated carbocycles. The molecule has 0 radical (unpaired) electrons. The van der Waals surface area contributed by atoms with Gasteiger partial charge >= 0.3 is 0 Å². The Morgan fingerprint density at radius 3 is 2.50 bits per heavy atom. The maximum atomic E-state index is 6.45. The van der Waals surface area contributed by atoms with Crippen molar-refractivity contribution in [2.45, 2.75) is 18.8 Å². The molecule has 1 spiro atoms. The van der Waals surface area contributed by atoms with E-state index in [1.54, 1.807) is 13.3 Å². The molecule has 1 aliphatic heterocycles. The van der Waals surface area contributed by atoms with Crippen molar-refractivity contribution in [1.29, 1.82) is 0 Å². The molecule has 0 bridgehead atoms. The number of hydrogen-bond donors (Lipinski definition) is 2. The van der Waals surface area contributed by atoms with Gasteiger partial charge in [0.25, 0.3) is 0 Å². The number of aromatic nitrogens is 2. The van der Waals surface area contributed by atoms with Crippen LogP contribution < -0.4 is 20.7 Å². The summed E-state index contributed by atoms with van der Waals surface area (Å²) in [5, 5.41) is 8.52. The highest BCUT2D eigenvalue weighted by Gasteiger charge is 2.51. The molecule has 0 unspecified atom stereocenters. The van der Waals surface area contributed by atoms with E-state index < -0.39 is 0 Å². The molecule has 1 aromatic heterocycles. The monoisotopic (exact) mass is 495 g/mol. The number of anilines is 4. The topological polar surface area (TPSA) is 62.3 Å². The van der Waals surface area contributed by atoms with Crippen molar-refractivity contribution in [2.75, 3.05) is 51.2 Å². The quantitative estimate of drug-likeness (QED) is 0.404. The van der Waals surface area contributed by atoms with Crippen molar-refractivity contribution in [1.82, 2.24) is 14.9 Å². The molecular formula is C26H31ClN5OP. The summed E-state index contributed by atoms with van der Waals surface area (Å²) in [6.07, 6.45) is 4.07. The number of nitrogens with one attached hydrogen (secondary N) is 2. The van der Waals surface area contributed by atoms with E-state index in [0.29, 0.717) is 28.1 Å². The van der Waals surface area contributed by atoms with Gasteiger partial charge < -0.3 is 20.3 Å². The number of nitrogens with zero attached hydrogens (tertiary/aromatic N) is 3. The standard InChI is InChI=1S/C26H31ClN5OP/c1-32-15-26(16-32)12-17(13-26)18-8-7-10-21(23(18)33-2)30-25-28-14-19(27)24(31-25)29-20-9-5-6-11-22(20)34(3)4/h5-11,14,17H,12-13,15-16H2,1-4H3,(H2,28,29,30,31). The lowest BCUT2D eigenvalue weighted by atomic mass is 9.56. The predicted molar refractivity (Wildman–Crippen MR) is 143 cm³/mol. The molecule has 1 saturated heterocycles. The molecular weight excluding hydrogens is 465 g/mol. The van der Waals surface area contributed by atoms with Crippen LogP contribution in [0.1, 0.15) is 24.3 Å². The van der Waals surface area contributed by atoms with E-state index in [1.807, 2.05) is 12.1 Å². The first kappa shape index (κ1) is 23.3. The van der Waals surface area contributed by atoms with Crippen molar-refractivity contribution in [3.63, 3.8) is 0 Å². The van der Waals surface area contributed by atoms with E-state index >= 15 is 0 Å². The first-order chi connectivity index (χ1) is 16.4. The first-order valence-corrected chi connectivity index (χ1v) is 14.2. The minimum absolute atomic E-state index is 0.273. The highest BCUT2D eigenvalue weighted by molar-refractivity contribution is 7.64. The summed E-state index contributed by atoms with van der Waals surface area (Å²) in [6, 6.07) is 14.5. The predicted octanol–water partition coefficient (Wildman–Crippen LogP) is 5.80. The van der Waals surface area contributed by atoms with Crippen LogP contribution in [0.3, 0.4) is 0 Å². The zero-order chi connectivity index (χ0) is 23.9. The third-order valence-corrected chi connectivity index (χ3v) is 8.52. The third kappa shape index (κ3) is 4.47. The van der Waals surface area contributed by atoms with Gasteiger partial charge in [-0.1, -0.05) is 49.9 Å². The summed E-state index contributed by atoms with van der Waals surface area (Å²) in [5.41, 5.74) is 3.66. The van der Waals surface area contributed by atoms with Crippen LogP contribution in [0.15, 0.2) is 48.7 Å². The summed E-state index contributed by atoms with van der Waals surface area (Å²) in [4.78, 5) is 11.5. The van der Waals surface area contributed by atoms with Gasteiger partial charge in [-0.15, -0.1) is 0 Å². The van der Waals surface area contributed by atoms with E-state index in [1.165, 1.54) is 36.8 Å². The van der Waals surface area contributed by atoms with E-state index in [-0.39, 0.29) is 7.92 Å². The zero-order valence-electron chi connectivity index (χ0n) is 20.1. The SMILES string of the molecule is COc1c(Nc2ncc(Cl)c(Nc3ccccc3P(C)C)n2)cccc1C1CC2(C1)CN(C)C2. The molecule has 2 fully saturated rings. The number of likely N-dealkylation sites (tertiary alicyclic amines) is 1. The highest BCUT2D eigenvalue weighted by atomic mass is 35.5. The number of hydrogen-bond acceptors (Lipinski definition) is 6. The Morgan fingerprint density at radius 2 is 1.79 bits per heavy atom. The number of rotatable bonds is 7. The van der Waals surface area contributed by atoms with Crippen molar-refractivity contribution in [2.24, 2.45) is 5.41 Å². The van der Waals surface area contributed by atoms with Gasteiger partial charge in [-0.3, -0.25) is 0 Å². The van der Waals surface area contributed by atoms with Gasteiger partial charge in [0.05, 0.1) is 19.0 Å². The average molecular weight is 496 g/mol. The maximum Gasteiger partial charge on any atom is 0.229 e. The van der Waals surface area contributed by atoms with Gasteiger partial charge in [-0.25, -0.2) is 4.98 Å². The van der Waals surface area contributed by atoms with Crippen LogP contribution in [0.25, 0.3) is 0 Å². The summed E-state index contributed by atoms with van der Waals surface area (Å²) < 4.78 is 5.87. The lowest BCUT2D eigenvalue weighted by Gasteiger charge is -2.58. The van der Waals surface area contributed by atoms with E-state index in [9.17, 15) is 0 Å². The molecule has 6 nitrogen and oxygen atoms in total. The largest absolute Gasteiger partial charge is 0.494 e. The van der Waals surface area contributed by atoms with Crippen LogP contribution in [0, 0.1) is 5.41 Å². The Labute approximate surface area is 207 Å². The number of halogens is 1. The second-order valence-corrected chi connectivity index (χ2v) is 12.4. The summed E-state index contributed by atoms with van der Waals surface area (Å²) in [7, 11) is 3.65. The van der Waals surface area contributed by atoms with Gasteiger partial charge in [-0.05, 0) is 67.6 Å². The van der Waals surface area contributed by atoms with Crippen molar-refractivity contribution in [3.05, 3.63) is 59.2 Å². The van der Waals surface area contributed by atoms with Crippen molar-refractivity contribution < 1.29 is 4.74 Å². The van der Waals surface area contributed by atoms with Gasteiger partial charge in [-0.2, -0.15) is 4.98 Å². The second-order valence-electron chi connectivity index (χ2n) is 9.76. The fourth-order valence-electron chi connectivity index (χ4n) is 5.50. The Bertz CT molecular complexity index is 1190. The van der Waals surface area contributed by atoms with Crippen LogP contribution >= 0.6 is 19.5 Å². The molecule has 5 rings (SSSR count). The molecule has 34 heavy (non-hydrogen) atoms. The van der Waals surface area contributed by atoms with E-state index in [4.69, 9.17) is 16.3 Å². The normalized spacial score (nSPS) is 17.4. The first-order valence-electron chi connectivity index (χ1n) is 11.6. The lowest BCUT2D eigenvalue weighted by molar-refractivity contribution is -0.0587. The van der Waals surface area contributed by atoms with E-state index in [0.717, 1.165) is 17.1 Å². The van der Waals surface area contributed by atoms with Crippen molar-refractivity contribution in [3.8, 4) is 5.75 Å². The molecule has 0 amide bonds. The van der Waals surface area contributed by atoms with Crippen LogP contribution in [0.4, 0.5) is 23.1 Å². The number of para-hydroxylation sites is 2. The lowest BCUT2D eigenvalue weighted by Crippen LogP contribution is -2.59.